The van der Waals surface area contributed by atoms with Gasteiger partial charge >= 0.3 is 5.63 Å². The van der Waals surface area contributed by atoms with Gasteiger partial charge in [-0.3, -0.25) is 0 Å². The van der Waals surface area contributed by atoms with E-state index in [4.69, 9.17) is 4.74 Å². The summed E-state index contributed by atoms with van der Waals surface area (Å²) in [4.78, 5) is 10.7. The zero-order valence-electron chi connectivity index (χ0n) is 5.88. The van der Waals surface area contributed by atoms with Crippen LogP contribution in [-0.2, 0) is 0 Å². The fourth-order valence-electron chi connectivity index (χ4n) is 0.647. The van der Waals surface area contributed by atoms with Crippen LogP contribution in [0.3, 0.4) is 0 Å². The van der Waals surface area contributed by atoms with Gasteiger partial charge in [-0.05, 0) is 18.6 Å². The fraction of sp³-hybridized carbons (Fsp3) is 0.286. The summed E-state index contributed by atoms with van der Waals surface area (Å²) in [6, 6.07) is 1.63. The Morgan fingerprint density at radius 3 is 2.80 bits per heavy atom. The van der Waals surface area contributed by atoms with Crippen molar-refractivity contribution in [2.75, 3.05) is 7.11 Å². The van der Waals surface area contributed by atoms with Crippen molar-refractivity contribution in [2.45, 2.75) is 6.92 Å². The van der Waals surface area contributed by atoms with Crippen LogP contribution < -0.4 is 10.4 Å². The molecule has 3 heteroatoms. The van der Waals surface area contributed by atoms with E-state index in [0.29, 0.717) is 0 Å². The number of hydrogen-bond donors (Lipinski definition) is 0. The van der Waals surface area contributed by atoms with Gasteiger partial charge in [0.05, 0.1) is 13.4 Å². The van der Waals surface area contributed by atoms with E-state index in [1.807, 2.05) is 6.92 Å². The molecule has 0 amide bonds. The van der Waals surface area contributed by atoms with Crippen molar-refractivity contribution in [1.82, 2.24) is 0 Å². The minimum atomic E-state index is -0.437. The van der Waals surface area contributed by atoms with Gasteiger partial charge in [0.1, 0.15) is 0 Å². The molecule has 0 aliphatic carbocycles. The maximum atomic E-state index is 10.7. The number of rotatable bonds is 1. The molecule has 0 N–H and O–H groups in total. The molecule has 0 bridgehead atoms. The molecule has 0 aliphatic heterocycles. The smallest absolute Gasteiger partial charge is 0.378 e. The summed E-state index contributed by atoms with van der Waals surface area (Å²) >= 11 is 0. The second-order valence-electron chi connectivity index (χ2n) is 1.98. The Morgan fingerprint density at radius 1 is 1.60 bits per heavy atom. The van der Waals surface area contributed by atoms with E-state index in [1.165, 1.54) is 13.4 Å². The molecule has 0 aliphatic rings. The molecule has 0 aromatic carbocycles. The molecule has 0 saturated carbocycles. The van der Waals surface area contributed by atoms with Crippen LogP contribution >= 0.6 is 0 Å². The normalized spacial score (nSPS) is 9.40. The molecule has 0 fully saturated rings. The van der Waals surface area contributed by atoms with Gasteiger partial charge in [0, 0.05) is 0 Å². The van der Waals surface area contributed by atoms with E-state index in [9.17, 15) is 4.79 Å². The van der Waals surface area contributed by atoms with Crippen LogP contribution in [0, 0.1) is 6.92 Å². The summed E-state index contributed by atoms with van der Waals surface area (Å²) in [7, 11) is 1.44. The molecule has 1 heterocycles. The van der Waals surface area contributed by atoms with Crippen molar-refractivity contribution in [3.05, 3.63) is 28.3 Å². The largest absolute Gasteiger partial charge is 0.490 e. The predicted octanol–water partition coefficient (Wildman–Crippen LogP) is 0.957. The van der Waals surface area contributed by atoms with Gasteiger partial charge in [0.15, 0.2) is 0 Å². The van der Waals surface area contributed by atoms with Gasteiger partial charge in [0.25, 0.3) is 0 Å². The molecule has 0 unspecified atom stereocenters. The molecular weight excluding hydrogens is 132 g/mol. The molecule has 1 aromatic rings. The van der Waals surface area contributed by atoms with Crippen molar-refractivity contribution >= 4 is 0 Å². The molecular formula is C7H8O3. The summed E-state index contributed by atoms with van der Waals surface area (Å²) in [5.41, 5.74) is 0.435. The second kappa shape index (κ2) is 2.56. The zero-order valence-corrected chi connectivity index (χ0v) is 5.88. The molecule has 3 nitrogen and oxygen atoms in total. The Hall–Kier alpha value is -1.25. The van der Waals surface area contributed by atoms with E-state index < -0.39 is 5.63 Å². The summed E-state index contributed by atoms with van der Waals surface area (Å²) in [5.74, 6) is 0.250. The Labute approximate surface area is 58.2 Å². The first-order chi connectivity index (χ1) is 4.74. The van der Waals surface area contributed by atoms with E-state index in [2.05, 4.69) is 4.42 Å². The minimum Gasteiger partial charge on any atom is -0.490 e. The quantitative estimate of drug-likeness (QED) is 0.583. The monoisotopic (exact) mass is 140 g/mol. The van der Waals surface area contributed by atoms with Gasteiger partial charge < -0.3 is 9.15 Å². The van der Waals surface area contributed by atoms with Crippen LogP contribution in [-0.4, -0.2) is 7.11 Å². The van der Waals surface area contributed by atoms with Crippen LogP contribution in [0.25, 0.3) is 0 Å². The van der Waals surface area contributed by atoms with Crippen molar-refractivity contribution in [3.63, 3.8) is 0 Å². The first-order valence-electron chi connectivity index (χ1n) is 2.87. The minimum absolute atomic E-state index is 0.250. The first-order valence-corrected chi connectivity index (χ1v) is 2.87. The number of methoxy groups -OCH3 is 1. The second-order valence-corrected chi connectivity index (χ2v) is 1.98. The number of hydrogen-bond acceptors (Lipinski definition) is 3. The van der Waals surface area contributed by atoms with Crippen LogP contribution in [0.15, 0.2) is 21.5 Å². The average molecular weight is 140 g/mol. The lowest BCUT2D eigenvalue weighted by atomic mass is 10.3. The van der Waals surface area contributed by atoms with E-state index in [1.54, 1.807) is 6.07 Å². The third-order valence-corrected chi connectivity index (χ3v) is 1.13. The third-order valence-electron chi connectivity index (χ3n) is 1.13. The van der Waals surface area contributed by atoms with Gasteiger partial charge in [-0.2, -0.15) is 0 Å². The zero-order chi connectivity index (χ0) is 7.56. The Kier molecular flexibility index (Phi) is 1.76. The first kappa shape index (κ1) is 6.86. The van der Waals surface area contributed by atoms with Crippen LogP contribution in [0.2, 0.25) is 0 Å². The van der Waals surface area contributed by atoms with Crippen LogP contribution in [0.4, 0.5) is 0 Å². The number of ether oxygens (including phenoxy) is 1. The number of aryl methyl sites for hydroxylation is 1. The van der Waals surface area contributed by atoms with E-state index >= 15 is 0 Å². The van der Waals surface area contributed by atoms with Crippen molar-refractivity contribution in [2.24, 2.45) is 0 Å². The van der Waals surface area contributed by atoms with Crippen molar-refractivity contribution in [3.8, 4) is 5.75 Å². The molecule has 0 saturated heterocycles. The Balaban J connectivity index is 3.22. The Morgan fingerprint density at radius 2 is 2.30 bits per heavy atom. The van der Waals surface area contributed by atoms with Crippen LogP contribution in [0.5, 0.6) is 5.75 Å². The molecule has 0 spiro atoms. The van der Waals surface area contributed by atoms with E-state index in [0.717, 1.165) is 5.56 Å². The summed E-state index contributed by atoms with van der Waals surface area (Å²) in [5, 5.41) is 0. The molecule has 0 atom stereocenters. The Bertz CT molecular complexity index is 274. The highest BCUT2D eigenvalue weighted by atomic mass is 16.5. The topological polar surface area (TPSA) is 39.4 Å². The molecule has 54 valence electrons. The highest BCUT2D eigenvalue weighted by molar-refractivity contribution is 5.20. The summed E-state index contributed by atoms with van der Waals surface area (Å²) in [6.07, 6.45) is 1.39. The highest BCUT2D eigenvalue weighted by Crippen LogP contribution is 2.04. The highest BCUT2D eigenvalue weighted by Gasteiger charge is 1.98. The van der Waals surface area contributed by atoms with Gasteiger partial charge in [-0.15, -0.1) is 0 Å². The average Bonchev–Trinajstić information content (AvgIpc) is 1.94. The molecule has 1 aromatic heterocycles. The summed E-state index contributed by atoms with van der Waals surface area (Å²) < 4.78 is 9.32. The molecule has 10 heavy (non-hydrogen) atoms. The molecule has 0 radical (unpaired) electrons. The standard InChI is InChI=1S/C7H8O3/c1-5-3-6(9-2)7(8)10-4-5/h3-4H,1-2H3. The van der Waals surface area contributed by atoms with Crippen molar-refractivity contribution in [1.29, 1.82) is 0 Å². The predicted molar refractivity (Wildman–Crippen MR) is 36.3 cm³/mol. The van der Waals surface area contributed by atoms with Gasteiger partial charge in [0.2, 0.25) is 5.75 Å². The molecule has 1 rings (SSSR count). The lowest BCUT2D eigenvalue weighted by molar-refractivity contribution is 0.375. The van der Waals surface area contributed by atoms with E-state index in [-0.39, 0.29) is 5.75 Å². The van der Waals surface area contributed by atoms with Gasteiger partial charge in [-0.25, -0.2) is 4.79 Å². The van der Waals surface area contributed by atoms with Crippen LogP contribution in [0.1, 0.15) is 5.56 Å². The maximum absolute atomic E-state index is 10.7. The lowest BCUT2D eigenvalue weighted by Crippen LogP contribution is -2.02. The maximum Gasteiger partial charge on any atom is 0.378 e. The van der Waals surface area contributed by atoms with Gasteiger partial charge in [-0.1, -0.05) is 0 Å². The summed E-state index contributed by atoms with van der Waals surface area (Å²) in [6.45, 7) is 1.82. The fourth-order valence-corrected chi connectivity index (χ4v) is 0.647. The lowest BCUT2D eigenvalue weighted by Gasteiger charge is -1.95. The van der Waals surface area contributed by atoms with Crippen molar-refractivity contribution < 1.29 is 9.15 Å². The SMILES string of the molecule is COc1cc(C)coc1=O. The third kappa shape index (κ3) is 1.18.